The Kier molecular flexibility index (Phi) is 4.24. The average molecular weight is 294 g/mol. The SMILES string of the molecule is CCNc1ncc(C(=O)Nc2cc(C)nn2C)cc1Cl. The molecule has 106 valence electrons. The van der Waals surface area contributed by atoms with Crippen LogP contribution in [0.3, 0.4) is 0 Å². The Hall–Kier alpha value is -2.08. The van der Waals surface area contributed by atoms with Gasteiger partial charge in [-0.2, -0.15) is 5.10 Å². The average Bonchev–Trinajstić information content (AvgIpc) is 2.70. The quantitative estimate of drug-likeness (QED) is 0.908. The summed E-state index contributed by atoms with van der Waals surface area (Å²) in [5.74, 6) is 0.923. The van der Waals surface area contributed by atoms with Crippen LogP contribution in [-0.2, 0) is 7.05 Å². The zero-order valence-corrected chi connectivity index (χ0v) is 12.3. The summed E-state index contributed by atoms with van der Waals surface area (Å²) >= 11 is 6.07. The number of amides is 1. The van der Waals surface area contributed by atoms with Gasteiger partial charge in [0.05, 0.1) is 16.3 Å². The van der Waals surface area contributed by atoms with Gasteiger partial charge < -0.3 is 10.6 Å². The molecule has 0 atom stereocenters. The molecule has 7 heteroatoms. The van der Waals surface area contributed by atoms with Gasteiger partial charge in [-0.1, -0.05) is 11.6 Å². The topological polar surface area (TPSA) is 71.8 Å². The van der Waals surface area contributed by atoms with Gasteiger partial charge in [0.1, 0.15) is 11.6 Å². The van der Waals surface area contributed by atoms with E-state index in [1.54, 1.807) is 23.9 Å². The number of anilines is 2. The monoisotopic (exact) mass is 293 g/mol. The number of hydrogen-bond donors (Lipinski definition) is 2. The maximum absolute atomic E-state index is 12.1. The summed E-state index contributed by atoms with van der Waals surface area (Å²) in [5, 5.41) is 10.4. The van der Waals surface area contributed by atoms with E-state index < -0.39 is 0 Å². The molecule has 0 spiro atoms. The number of nitrogens with zero attached hydrogens (tertiary/aromatic N) is 3. The molecule has 2 rings (SSSR count). The number of carbonyl (C=O) groups excluding carboxylic acids is 1. The van der Waals surface area contributed by atoms with Gasteiger partial charge in [-0.05, 0) is 19.9 Å². The Bertz CT molecular complexity index is 638. The molecule has 0 aliphatic carbocycles. The van der Waals surface area contributed by atoms with Crippen LogP contribution < -0.4 is 10.6 Å². The molecule has 2 N–H and O–H groups in total. The zero-order chi connectivity index (χ0) is 14.7. The minimum Gasteiger partial charge on any atom is -0.369 e. The van der Waals surface area contributed by atoms with Crippen molar-refractivity contribution < 1.29 is 4.79 Å². The molecule has 0 saturated carbocycles. The Labute approximate surface area is 122 Å². The highest BCUT2D eigenvalue weighted by atomic mass is 35.5. The molecule has 0 bridgehead atoms. The van der Waals surface area contributed by atoms with E-state index in [0.29, 0.717) is 28.8 Å². The molecule has 1 amide bonds. The molecule has 0 aliphatic heterocycles. The number of nitrogens with one attached hydrogen (secondary N) is 2. The molecule has 0 fully saturated rings. The molecule has 0 unspecified atom stereocenters. The highest BCUT2D eigenvalue weighted by molar-refractivity contribution is 6.33. The van der Waals surface area contributed by atoms with E-state index in [1.165, 1.54) is 6.20 Å². The Morgan fingerprint density at radius 2 is 2.20 bits per heavy atom. The number of halogens is 1. The first-order chi connectivity index (χ1) is 9.51. The molecule has 2 heterocycles. The van der Waals surface area contributed by atoms with Crippen LogP contribution >= 0.6 is 11.6 Å². The minimum absolute atomic E-state index is 0.273. The lowest BCUT2D eigenvalue weighted by Crippen LogP contribution is -2.15. The van der Waals surface area contributed by atoms with Crippen molar-refractivity contribution in [1.82, 2.24) is 14.8 Å². The van der Waals surface area contributed by atoms with Crippen LogP contribution in [0.2, 0.25) is 5.02 Å². The van der Waals surface area contributed by atoms with Crippen LogP contribution in [0.4, 0.5) is 11.6 Å². The lowest BCUT2D eigenvalue weighted by molar-refractivity contribution is 0.102. The van der Waals surface area contributed by atoms with E-state index in [9.17, 15) is 4.79 Å². The molecule has 6 nitrogen and oxygen atoms in total. The number of rotatable bonds is 4. The third kappa shape index (κ3) is 3.08. The second kappa shape index (κ2) is 5.92. The molecule has 2 aromatic heterocycles. The second-order valence-electron chi connectivity index (χ2n) is 4.33. The first-order valence-corrected chi connectivity index (χ1v) is 6.60. The smallest absolute Gasteiger partial charge is 0.258 e. The highest BCUT2D eigenvalue weighted by Crippen LogP contribution is 2.20. The fourth-order valence-corrected chi connectivity index (χ4v) is 2.01. The van der Waals surface area contributed by atoms with Gasteiger partial charge in [0, 0.05) is 25.9 Å². The fourth-order valence-electron chi connectivity index (χ4n) is 1.78. The van der Waals surface area contributed by atoms with Crippen molar-refractivity contribution in [3.05, 3.63) is 34.6 Å². The standard InChI is InChI=1S/C13H16ClN5O/c1-4-15-12-10(14)6-9(7-16-12)13(20)17-11-5-8(2)18-19(11)3/h5-7H,4H2,1-3H3,(H,15,16)(H,17,20). The summed E-state index contributed by atoms with van der Waals surface area (Å²) in [6.07, 6.45) is 1.49. The Balaban J connectivity index is 2.17. The maximum Gasteiger partial charge on any atom is 0.258 e. The van der Waals surface area contributed by atoms with Gasteiger partial charge in [-0.15, -0.1) is 0 Å². The van der Waals surface area contributed by atoms with E-state index >= 15 is 0 Å². The third-order valence-electron chi connectivity index (χ3n) is 2.69. The van der Waals surface area contributed by atoms with E-state index in [-0.39, 0.29) is 5.91 Å². The predicted octanol–water partition coefficient (Wildman–Crippen LogP) is 2.46. The maximum atomic E-state index is 12.1. The van der Waals surface area contributed by atoms with Gasteiger partial charge in [0.25, 0.3) is 5.91 Å². The highest BCUT2D eigenvalue weighted by Gasteiger charge is 2.12. The summed E-state index contributed by atoms with van der Waals surface area (Å²) in [6.45, 7) is 4.52. The molecule has 0 aromatic carbocycles. The van der Waals surface area contributed by atoms with Crippen molar-refractivity contribution in [2.24, 2.45) is 7.05 Å². The Morgan fingerprint density at radius 1 is 1.45 bits per heavy atom. The third-order valence-corrected chi connectivity index (χ3v) is 2.98. The van der Waals surface area contributed by atoms with Crippen LogP contribution in [0.1, 0.15) is 23.0 Å². The van der Waals surface area contributed by atoms with Crippen LogP contribution in [0.15, 0.2) is 18.3 Å². The van der Waals surface area contributed by atoms with Crippen molar-refractivity contribution in [3.63, 3.8) is 0 Å². The van der Waals surface area contributed by atoms with Crippen molar-refractivity contribution >= 4 is 29.1 Å². The summed E-state index contributed by atoms with van der Waals surface area (Å²) in [7, 11) is 1.77. The predicted molar refractivity (Wildman–Crippen MR) is 79.3 cm³/mol. The van der Waals surface area contributed by atoms with E-state index in [2.05, 4.69) is 20.7 Å². The van der Waals surface area contributed by atoms with Crippen LogP contribution in [0.5, 0.6) is 0 Å². The minimum atomic E-state index is -0.273. The number of aryl methyl sites for hydroxylation is 2. The summed E-state index contributed by atoms with van der Waals surface area (Å²) < 4.78 is 1.61. The van der Waals surface area contributed by atoms with Crippen molar-refractivity contribution in [2.45, 2.75) is 13.8 Å². The first kappa shape index (κ1) is 14.3. The van der Waals surface area contributed by atoms with Crippen molar-refractivity contribution in [2.75, 3.05) is 17.2 Å². The lowest BCUT2D eigenvalue weighted by atomic mass is 10.2. The van der Waals surface area contributed by atoms with E-state index in [1.807, 2.05) is 13.8 Å². The van der Waals surface area contributed by atoms with Gasteiger partial charge >= 0.3 is 0 Å². The van der Waals surface area contributed by atoms with Gasteiger partial charge in [0.15, 0.2) is 0 Å². The number of pyridine rings is 1. The summed E-state index contributed by atoms with van der Waals surface area (Å²) in [6, 6.07) is 3.38. The molecule has 0 aliphatic rings. The van der Waals surface area contributed by atoms with E-state index in [4.69, 9.17) is 11.6 Å². The van der Waals surface area contributed by atoms with Gasteiger partial charge in [-0.25, -0.2) is 4.98 Å². The largest absolute Gasteiger partial charge is 0.369 e. The first-order valence-electron chi connectivity index (χ1n) is 6.22. The van der Waals surface area contributed by atoms with Crippen LogP contribution in [-0.4, -0.2) is 27.2 Å². The molecular weight excluding hydrogens is 278 g/mol. The molecule has 0 radical (unpaired) electrons. The lowest BCUT2D eigenvalue weighted by Gasteiger charge is -2.08. The van der Waals surface area contributed by atoms with Crippen molar-refractivity contribution in [3.8, 4) is 0 Å². The molecule has 0 saturated heterocycles. The van der Waals surface area contributed by atoms with Crippen molar-refractivity contribution in [1.29, 1.82) is 0 Å². The normalized spacial score (nSPS) is 10.4. The molecule has 2 aromatic rings. The second-order valence-corrected chi connectivity index (χ2v) is 4.74. The Morgan fingerprint density at radius 3 is 2.75 bits per heavy atom. The number of hydrogen-bond acceptors (Lipinski definition) is 4. The summed E-state index contributed by atoms with van der Waals surface area (Å²) in [5.41, 5.74) is 1.23. The zero-order valence-electron chi connectivity index (χ0n) is 11.6. The fraction of sp³-hybridized carbons (Fsp3) is 0.308. The summed E-state index contributed by atoms with van der Waals surface area (Å²) in [4.78, 5) is 16.3. The van der Waals surface area contributed by atoms with Gasteiger partial charge in [0.2, 0.25) is 0 Å². The van der Waals surface area contributed by atoms with Gasteiger partial charge in [-0.3, -0.25) is 9.48 Å². The number of aromatic nitrogens is 3. The van der Waals surface area contributed by atoms with E-state index in [0.717, 1.165) is 5.69 Å². The van der Waals surface area contributed by atoms with Crippen LogP contribution in [0, 0.1) is 6.92 Å². The molecule has 20 heavy (non-hydrogen) atoms. The molecular formula is C13H16ClN5O. The van der Waals surface area contributed by atoms with Crippen LogP contribution in [0.25, 0.3) is 0 Å². The number of carbonyl (C=O) groups is 1.